The van der Waals surface area contributed by atoms with E-state index in [1.165, 1.54) is 21.3 Å². The van der Waals surface area contributed by atoms with Gasteiger partial charge in [0.1, 0.15) is 12.1 Å². The third-order valence-electron chi connectivity index (χ3n) is 12.9. The number of thiazole rings is 1. The maximum Gasteiger partial charge on any atom is 0.319 e. The van der Waals surface area contributed by atoms with Crippen molar-refractivity contribution in [3.05, 3.63) is 95.4 Å². The molecule has 374 valence electrons. The lowest BCUT2D eigenvalue weighted by molar-refractivity contribution is -0.144. The molecule has 69 heavy (non-hydrogen) atoms. The fraction of sp³-hybridized carbons (Fsp3) is 0.529. The summed E-state index contributed by atoms with van der Waals surface area (Å²) in [6.07, 6.45) is 11.0. The van der Waals surface area contributed by atoms with Crippen molar-refractivity contribution in [2.75, 3.05) is 44.6 Å². The number of pyridine rings is 1. The zero-order chi connectivity index (χ0) is 49.6. The van der Waals surface area contributed by atoms with E-state index >= 15 is 0 Å². The number of aromatic nitrogens is 2. The molecule has 4 unspecified atom stereocenters. The van der Waals surface area contributed by atoms with Gasteiger partial charge in [-0.15, -0.1) is 11.3 Å². The number of aryl methyl sites for hydroxylation is 1. The molecule has 4 atom stereocenters. The topological polar surface area (TPSA) is 206 Å². The number of anilines is 1. The molecule has 16 nitrogen and oxygen atoms in total. The molecule has 4 heterocycles. The van der Waals surface area contributed by atoms with Gasteiger partial charge in [0.2, 0.25) is 27.7 Å². The predicted molar refractivity (Wildman–Crippen MR) is 270 cm³/mol. The summed E-state index contributed by atoms with van der Waals surface area (Å²) < 4.78 is 28.3. The molecule has 0 radical (unpaired) electrons. The lowest BCUT2D eigenvalue weighted by atomic mass is 9.85. The smallest absolute Gasteiger partial charge is 0.319 e. The fourth-order valence-electron chi connectivity index (χ4n) is 8.84. The first kappa shape index (κ1) is 53.1. The number of aliphatic hydroxyl groups excluding tert-OH is 1. The Hall–Kier alpha value is -5.27. The normalized spacial score (nSPS) is 17.8. The molecule has 5 N–H and O–H groups in total. The van der Waals surface area contributed by atoms with Crippen molar-refractivity contribution in [3.8, 4) is 10.4 Å². The van der Waals surface area contributed by atoms with Gasteiger partial charge in [-0.1, -0.05) is 89.6 Å². The molecule has 0 saturated carbocycles. The molecule has 2 saturated heterocycles. The molecule has 2 aliphatic rings. The molecule has 6 rings (SSSR count). The number of sulfonamides is 1. The number of carbonyl (C=O) groups excluding carboxylic acids is 4. The van der Waals surface area contributed by atoms with Crippen molar-refractivity contribution in [2.24, 2.45) is 5.41 Å². The molecular weight excluding hydrogens is 915 g/mol. The predicted octanol–water partition coefficient (Wildman–Crippen LogP) is 7.02. The van der Waals surface area contributed by atoms with Gasteiger partial charge in [0, 0.05) is 70.2 Å². The monoisotopic (exact) mass is 985 g/mol. The maximum atomic E-state index is 14.1. The molecule has 0 aliphatic carbocycles. The average molecular weight is 986 g/mol. The Morgan fingerprint density at radius 1 is 0.870 bits per heavy atom. The summed E-state index contributed by atoms with van der Waals surface area (Å²) in [6, 6.07) is 15.5. The summed E-state index contributed by atoms with van der Waals surface area (Å²) in [6.45, 7) is 13.0. The number of benzene rings is 2. The number of β-amino-alcohol motifs (C(OH)–C–C–N with tert-alkyl or cyclic N) is 1. The fourth-order valence-corrected chi connectivity index (χ4v) is 11.1. The molecular formula is C51H71N9O7S2. The average Bonchev–Trinajstić information content (AvgIpc) is 3.95. The van der Waals surface area contributed by atoms with Crippen molar-refractivity contribution in [3.63, 3.8) is 0 Å². The lowest BCUT2D eigenvalue weighted by Gasteiger charge is -2.35. The zero-order valence-electron chi connectivity index (χ0n) is 40.8. The van der Waals surface area contributed by atoms with Crippen LogP contribution in [0.15, 0.2) is 83.5 Å². The van der Waals surface area contributed by atoms with Crippen LogP contribution in [0.2, 0.25) is 0 Å². The zero-order valence-corrected chi connectivity index (χ0v) is 42.4. The largest absolute Gasteiger partial charge is 0.391 e. The molecule has 5 amide bonds. The van der Waals surface area contributed by atoms with Crippen molar-refractivity contribution in [1.29, 1.82) is 0 Å². The second-order valence-electron chi connectivity index (χ2n) is 19.4. The third kappa shape index (κ3) is 15.4. The van der Waals surface area contributed by atoms with Crippen molar-refractivity contribution in [2.45, 2.75) is 134 Å². The summed E-state index contributed by atoms with van der Waals surface area (Å²) in [5, 5.41) is 22.2. The molecule has 2 aromatic heterocycles. The number of urea groups is 1. The number of rotatable bonds is 22. The third-order valence-corrected chi connectivity index (χ3v) is 15.8. The highest BCUT2D eigenvalue weighted by atomic mass is 32.2. The number of aliphatic hydroxyl groups is 1. The van der Waals surface area contributed by atoms with Gasteiger partial charge in [0.15, 0.2) is 0 Å². The van der Waals surface area contributed by atoms with E-state index in [1.54, 1.807) is 41.9 Å². The van der Waals surface area contributed by atoms with Crippen LogP contribution in [0.25, 0.3) is 10.4 Å². The van der Waals surface area contributed by atoms with Crippen LogP contribution in [0.4, 0.5) is 10.5 Å². The molecule has 18 heteroatoms. The van der Waals surface area contributed by atoms with E-state index in [9.17, 15) is 32.7 Å². The first-order valence-corrected chi connectivity index (χ1v) is 26.7. The van der Waals surface area contributed by atoms with Crippen molar-refractivity contribution >= 4 is 50.8 Å². The Kier molecular flexibility index (Phi) is 19.3. The van der Waals surface area contributed by atoms with E-state index in [1.807, 2.05) is 70.5 Å². The van der Waals surface area contributed by atoms with Crippen LogP contribution < -0.4 is 21.3 Å². The Morgan fingerprint density at radius 3 is 2.16 bits per heavy atom. The number of nitrogens with one attached hydrogen (secondary N) is 4. The van der Waals surface area contributed by atoms with E-state index in [2.05, 4.69) is 36.1 Å². The number of carbonyl (C=O) groups is 4. The van der Waals surface area contributed by atoms with Crippen LogP contribution in [-0.2, 0) is 31.0 Å². The Balaban J connectivity index is 0.825. The number of amides is 5. The van der Waals surface area contributed by atoms with Crippen LogP contribution in [0, 0.1) is 12.3 Å². The second-order valence-corrected chi connectivity index (χ2v) is 22.2. The molecule has 2 aliphatic heterocycles. The minimum atomic E-state index is -3.65. The van der Waals surface area contributed by atoms with Gasteiger partial charge in [0.05, 0.1) is 33.1 Å². The molecule has 0 bridgehead atoms. The summed E-state index contributed by atoms with van der Waals surface area (Å²) in [4.78, 5) is 66.7. The first-order chi connectivity index (χ1) is 33.0. The number of hydrogen-bond acceptors (Lipinski definition) is 11. The van der Waals surface area contributed by atoms with Gasteiger partial charge >= 0.3 is 6.03 Å². The van der Waals surface area contributed by atoms with E-state index < -0.39 is 39.7 Å². The van der Waals surface area contributed by atoms with E-state index in [0.29, 0.717) is 51.3 Å². The minimum absolute atomic E-state index is 0.0239. The highest BCUT2D eigenvalue weighted by molar-refractivity contribution is 7.89. The van der Waals surface area contributed by atoms with Crippen LogP contribution in [-0.4, -0.2) is 119 Å². The number of nitrogens with zero attached hydrogens (tertiary/aromatic N) is 5. The van der Waals surface area contributed by atoms with E-state index in [-0.39, 0.29) is 41.6 Å². The van der Waals surface area contributed by atoms with Gasteiger partial charge in [0.25, 0.3) is 0 Å². The Labute approximate surface area is 412 Å². The standard InChI is InChI=1S/C51H71N9O7S2/c1-36(39-17-19-40(20-18-39)46-37(2)54-35-68-46)55-48(63)44-31-42(61)34-60(44)49(64)47(51(3,4)5)57-45(62)16-12-10-8-6-7-9-11-13-26-58-27-29-59(30-28-58)69(66,67)43-23-21-41(22-24-43)56-50(65)53-33-38-15-14-25-52-32-38/h14-15,17-25,32,35-36,42,44,47,61H,6-13,16,26-31,33-34H2,1-5H3,(H,55,63)(H,57,62)(H2,53,56,65). The molecule has 4 aromatic rings. The van der Waals surface area contributed by atoms with Crippen LogP contribution in [0.3, 0.4) is 0 Å². The van der Waals surface area contributed by atoms with Crippen LogP contribution in [0.5, 0.6) is 0 Å². The minimum Gasteiger partial charge on any atom is -0.391 e. The van der Waals surface area contributed by atoms with Gasteiger partial charge in [-0.3, -0.25) is 19.4 Å². The summed E-state index contributed by atoms with van der Waals surface area (Å²) in [5.74, 6) is -0.903. The Bertz CT molecular complexity index is 2400. The number of piperazine rings is 1. The van der Waals surface area contributed by atoms with Gasteiger partial charge < -0.3 is 36.2 Å². The lowest BCUT2D eigenvalue weighted by Crippen LogP contribution is -2.57. The summed E-state index contributed by atoms with van der Waals surface area (Å²) in [7, 11) is -3.65. The highest BCUT2D eigenvalue weighted by Crippen LogP contribution is 2.30. The van der Waals surface area contributed by atoms with Crippen molar-refractivity contribution < 1.29 is 32.7 Å². The second kappa shape index (κ2) is 25.0. The Morgan fingerprint density at radius 2 is 1.54 bits per heavy atom. The molecule has 2 fully saturated rings. The summed E-state index contributed by atoms with van der Waals surface area (Å²) >= 11 is 1.58. The highest BCUT2D eigenvalue weighted by Gasteiger charge is 2.44. The molecule has 2 aromatic carbocycles. The van der Waals surface area contributed by atoms with Crippen LogP contribution >= 0.6 is 11.3 Å². The van der Waals surface area contributed by atoms with Gasteiger partial charge in [-0.25, -0.2) is 18.2 Å². The van der Waals surface area contributed by atoms with Crippen LogP contribution in [0.1, 0.15) is 115 Å². The number of likely N-dealkylation sites (tertiary alicyclic amines) is 1. The summed E-state index contributed by atoms with van der Waals surface area (Å²) in [5.41, 5.74) is 5.51. The van der Waals surface area contributed by atoms with E-state index in [0.717, 1.165) is 78.8 Å². The number of unbranched alkanes of at least 4 members (excludes halogenated alkanes) is 7. The van der Waals surface area contributed by atoms with Crippen molar-refractivity contribution in [1.82, 2.24) is 40.0 Å². The van der Waals surface area contributed by atoms with Gasteiger partial charge in [-0.2, -0.15) is 4.31 Å². The van der Waals surface area contributed by atoms with E-state index in [4.69, 9.17) is 0 Å². The van der Waals surface area contributed by atoms with Gasteiger partial charge in [-0.05, 0) is 85.7 Å². The quantitative estimate of drug-likeness (QED) is 0.0509. The SMILES string of the molecule is Cc1ncsc1-c1ccc(C(C)NC(=O)C2CC(O)CN2C(=O)C(NC(=O)CCCCCCCCCCN2CCN(S(=O)(=O)c3ccc(NC(=O)NCc4cccnc4)cc3)CC2)C(C)(C)C)cc1. The molecule has 0 spiro atoms. The maximum absolute atomic E-state index is 14.1. The number of hydrogen-bond donors (Lipinski definition) is 5. The first-order valence-electron chi connectivity index (χ1n) is 24.3.